The molecule has 1 aliphatic heterocycles. The molecule has 2 rings (SSSR count). The summed E-state index contributed by atoms with van der Waals surface area (Å²) in [5.74, 6) is -0.887. The summed E-state index contributed by atoms with van der Waals surface area (Å²) >= 11 is 1.51. The number of nitro benzene ring substituents is 1. The molecule has 0 bridgehead atoms. The number of aliphatic carboxylic acids is 1. The third kappa shape index (κ3) is 2.71. The summed E-state index contributed by atoms with van der Waals surface area (Å²) in [4.78, 5) is 21.3. The fraction of sp³-hybridized carbons (Fsp3) is 0.417. The van der Waals surface area contributed by atoms with E-state index in [-0.39, 0.29) is 11.1 Å². The number of nitrogens with one attached hydrogen (secondary N) is 1. The zero-order valence-corrected chi connectivity index (χ0v) is 11.3. The van der Waals surface area contributed by atoms with Crippen LogP contribution in [-0.2, 0) is 4.79 Å². The molecule has 0 saturated carbocycles. The van der Waals surface area contributed by atoms with Crippen molar-refractivity contribution in [1.29, 1.82) is 0 Å². The van der Waals surface area contributed by atoms with Gasteiger partial charge in [-0.3, -0.25) is 20.2 Å². The van der Waals surface area contributed by atoms with Crippen molar-refractivity contribution in [3.63, 3.8) is 0 Å². The topological polar surface area (TPSA) is 92.5 Å². The molecular weight excluding hydrogens is 268 g/mol. The Hall–Kier alpha value is -1.60. The molecule has 0 radical (unpaired) electrons. The van der Waals surface area contributed by atoms with Crippen molar-refractivity contribution in [3.8, 4) is 0 Å². The zero-order chi connectivity index (χ0) is 14.2. The molecule has 7 heteroatoms. The van der Waals surface area contributed by atoms with Crippen LogP contribution in [0.15, 0.2) is 24.3 Å². The van der Waals surface area contributed by atoms with Crippen LogP contribution in [0.25, 0.3) is 0 Å². The molecule has 0 spiro atoms. The molecule has 2 atom stereocenters. The number of thioether (sulfide) groups is 1. The number of nitro groups is 1. The van der Waals surface area contributed by atoms with E-state index in [0.29, 0.717) is 0 Å². The third-order valence-corrected chi connectivity index (χ3v) is 4.58. The number of carboxylic acid groups (broad SMARTS) is 1. The average Bonchev–Trinajstić information content (AvgIpc) is 2.65. The van der Waals surface area contributed by atoms with Gasteiger partial charge in [0.15, 0.2) is 0 Å². The van der Waals surface area contributed by atoms with Crippen LogP contribution in [-0.4, -0.2) is 26.8 Å². The van der Waals surface area contributed by atoms with Crippen LogP contribution in [0.3, 0.4) is 0 Å². The quantitative estimate of drug-likeness (QED) is 0.652. The summed E-state index contributed by atoms with van der Waals surface area (Å²) in [6, 6.07) is 5.53. The highest BCUT2D eigenvalue weighted by molar-refractivity contribution is 8.01. The Bertz CT molecular complexity index is 515. The Morgan fingerprint density at radius 3 is 2.42 bits per heavy atom. The van der Waals surface area contributed by atoms with Crippen molar-refractivity contribution in [2.24, 2.45) is 0 Å². The van der Waals surface area contributed by atoms with Gasteiger partial charge in [-0.05, 0) is 31.5 Å². The Balaban J connectivity index is 2.20. The van der Waals surface area contributed by atoms with Gasteiger partial charge in [-0.25, -0.2) is 0 Å². The Kier molecular flexibility index (Phi) is 3.51. The van der Waals surface area contributed by atoms with Gasteiger partial charge in [0.25, 0.3) is 5.69 Å². The molecule has 1 fully saturated rings. The molecule has 19 heavy (non-hydrogen) atoms. The van der Waals surface area contributed by atoms with Gasteiger partial charge in [0.05, 0.1) is 10.3 Å². The van der Waals surface area contributed by atoms with Gasteiger partial charge in [0.2, 0.25) is 0 Å². The SMILES string of the molecule is CC1(C)SC(c2ccc([N+](=O)[O-])cc2)N[C@H]1C(=O)O. The van der Waals surface area contributed by atoms with Gasteiger partial charge in [-0.1, -0.05) is 0 Å². The lowest BCUT2D eigenvalue weighted by atomic mass is 10.0. The van der Waals surface area contributed by atoms with Crippen molar-refractivity contribution in [1.82, 2.24) is 5.32 Å². The minimum atomic E-state index is -0.887. The number of hydrogen-bond donors (Lipinski definition) is 2. The first-order chi connectivity index (χ1) is 8.81. The molecule has 1 saturated heterocycles. The Morgan fingerprint density at radius 2 is 2.00 bits per heavy atom. The largest absolute Gasteiger partial charge is 0.480 e. The van der Waals surface area contributed by atoms with E-state index in [2.05, 4.69) is 5.32 Å². The number of carboxylic acids is 1. The lowest BCUT2D eigenvalue weighted by Crippen LogP contribution is -2.43. The maximum Gasteiger partial charge on any atom is 0.322 e. The highest BCUT2D eigenvalue weighted by atomic mass is 32.2. The smallest absolute Gasteiger partial charge is 0.322 e. The van der Waals surface area contributed by atoms with E-state index < -0.39 is 21.7 Å². The molecule has 1 unspecified atom stereocenters. The first-order valence-electron chi connectivity index (χ1n) is 5.72. The third-order valence-electron chi connectivity index (χ3n) is 3.09. The number of carbonyl (C=O) groups is 1. The lowest BCUT2D eigenvalue weighted by Gasteiger charge is -2.20. The van der Waals surface area contributed by atoms with Crippen molar-refractivity contribution >= 4 is 23.4 Å². The summed E-state index contributed by atoms with van der Waals surface area (Å²) in [7, 11) is 0. The number of hydrogen-bond acceptors (Lipinski definition) is 5. The van der Waals surface area contributed by atoms with Crippen molar-refractivity contribution in [2.75, 3.05) is 0 Å². The van der Waals surface area contributed by atoms with Crippen LogP contribution < -0.4 is 5.32 Å². The highest BCUT2D eigenvalue weighted by Crippen LogP contribution is 2.45. The fourth-order valence-corrected chi connectivity index (χ4v) is 3.47. The van der Waals surface area contributed by atoms with Crippen molar-refractivity contribution in [2.45, 2.75) is 30.0 Å². The van der Waals surface area contributed by atoms with Crippen molar-refractivity contribution < 1.29 is 14.8 Å². The van der Waals surface area contributed by atoms with E-state index in [9.17, 15) is 14.9 Å². The molecular formula is C12H14N2O4S. The van der Waals surface area contributed by atoms with E-state index in [1.54, 1.807) is 12.1 Å². The average molecular weight is 282 g/mol. The first kappa shape index (κ1) is 13.8. The molecule has 2 N–H and O–H groups in total. The molecule has 0 aliphatic carbocycles. The van der Waals surface area contributed by atoms with E-state index >= 15 is 0 Å². The van der Waals surface area contributed by atoms with E-state index in [0.717, 1.165) is 5.56 Å². The standard InChI is InChI=1S/C12H14N2O4S/c1-12(2)9(11(15)16)13-10(19-12)7-3-5-8(6-4-7)14(17)18/h3-6,9-10,13H,1-2H3,(H,15,16)/t9-,10?/m0/s1. The minimum Gasteiger partial charge on any atom is -0.480 e. The molecule has 1 aliphatic rings. The zero-order valence-electron chi connectivity index (χ0n) is 10.5. The van der Waals surface area contributed by atoms with Gasteiger partial charge in [0, 0.05) is 16.9 Å². The number of rotatable bonds is 3. The van der Waals surface area contributed by atoms with Crippen LogP contribution in [0, 0.1) is 10.1 Å². The Labute approximate surface area is 114 Å². The second kappa shape index (κ2) is 4.82. The Morgan fingerprint density at radius 1 is 1.42 bits per heavy atom. The van der Waals surface area contributed by atoms with E-state index in [1.165, 1.54) is 23.9 Å². The predicted octanol–water partition coefficient (Wildman–Crippen LogP) is 2.16. The summed E-state index contributed by atoms with van der Waals surface area (Å²) in [5.41, 5.74) is 0.869. The van der Waals surface area contributed by atoms with E-state index in [1.807, 2.05) is 13.8 Å². The maximum absolute atomic E-state index is 11.2. The van der Waals surface area contributed by atoms with Crippen LogP contribution in [0.5, 0.6) is 0 Å². The second-order valence-corrected chi connectivity index (χ2v) is 6.65. The lowest BCUT2D eigenvalue weighted by molar-refractivity contribution is -0.384. The number of nitrogens with zero attached hydrogens (tertiary/aromatic N) is 1. The molecule has 102 valence electrons. The summed E-state index contributed by atoms with van der Waals surface area (Å²) in [5, 5.41) is 22.6. The first-order valence-corrected chi connectivity index (χ1v) is 6.60. The molecule has 6 nitrogen and oxygen atoms in total. The highest BCUT2D eigenvalue weighted by Gasteiger charge is 2.45. The summed E-state index contributed by atoms with van der Waals surface area (Å²) in [6.07, 6.45) is 0. The van der Waals surface area contributed by atoms with Gasteiger partial charge < -0.3 is 5.11 Å². The normalized spacial score (nSPS) is 25.2. The van der Waals surface area contributed by atoms with E-state index in [4.69, 9.17) is 5.11 Å². The van der Waals surface area contributed by atoms with Gasteiger partial charge in [0.1, 0.15) is 6.04 Å². The minimum absolute atomic E-state index is 0.0285. The van der Waals surface area contributed by atoms with Gasteiger partial charge in [-0.2, -0.15) is 0 Å². The summed E-state index contributed by atoms with van der Waals surface area (Å²) < 4.78 is -0.432. The van der Waals surface area contributed by atoms with Crippen LogP contribution >= 0.6 is 11.8 Å². The van der Waals surface area contributed by atoms with Crippen LogP contribution in [0.1, 0.15) is 24.8 Å². The molecule has 1 aromatic rings. The molecule has 1 heterocycles. The van der Waals surface area contributed by atoms with Gasteiger partial charge in [-0.15, -0.1) is 11.8 Å². The molecule has 1 aromatic carbocycles. The van der Waals surface area contributed by atoms with Crippen molar-refractivity contribution in [3.05, 3.63) is 39.9 Å². The second-order valence-electron chi connectivity index (χ2n) is 4.89. The molecule has 0 amide bonds. The van der Waals surface area contributed by atoms with Crippen LogP contribution in [0.2, 0.25) is 0 Å². The van der Waals surface area contributed by atoms with Crippen LogP contribution in [0.4, 0.5) is 5.69 Å². The van der Waals surface area contributed by atoms with Gasteiger partial charge >= 0.3 is 5.97 Å². The monoisotopic (exact) mass is 282 g/mol. The number of non-ortho nitro benzene ring substituents is 1. The number of benzene rings is 1. The maximum atomic E-state index is 11.2. The fourth-order valence-electron chi connectivity index (χ4n) is 2.06. The summed E-state index contributed by atoms with van der Waals surface area (Å²) in [6.45, 7) is 3.74. The molecule has 0 aromatic heterocycles. The predicted molar refractivity (Wildman–Crippen MR) is 72.1 cm³/mol.